The van der Waals surface area contributed by atoms with E-state index < -0.39 is 6.10 Å². The molecule has 116 valence electrons. The Hall–Kier alpha value is -1.84. The van der Waals surface area contributed by atoms with E-state index in [1.807, 2.05) is 12.1 Å². The Balaban J connectivity index is 1.85. The Kier molecular flexibility index (Phi) is 4.76. The van der Waals surface area contributed by atoms with Crippen LogP contribution in [-0.2, 0) is 11.3 Å². The van der Waals surface area contributed by atoms with Crippen LogP contribution in [0.3, 0.4) is 0 Å². The van der Waals surface area contributed by atoms with Crippen molar-refractivity contribution in [2.45, 2.75) is 32.4 Å². The second-order valence-electron chi connectivity index (χ2n) is 5.73. The summed E-state index contributed by atoms with van der Waals surface area (Å²) < 4.78 is 7.74. The fourth-order valence-corrected chi connectivity index (χ4v) is 2.93. The Bertz CT molecular complexity index is 694. The molecule has 0 aliphatic rings. The number of unbranched alkanes of at least 4 members (excludes halogenated alkanes) is 1. The summed E-state index contributed by atoms with van der Waals surface area (Å²) >= 11 is 0. The summed E-state index contributed by atoms with van der Waals surface area (Å²) in [6.45, 7) is 3.81. The molecule has 0 aliphatic heterocycles. The summed E-state index contributed by atoms with van der Waals surface area (Å²) in [7, 11) is 0. The first-order valence-electron chi connectivity index (χ1n) is 8.03. The zero-order valence-electron chi connectivity index (χ0n) is 13.0. The van der Waals surface area contributed by atoms with E-state index in [-0.39, 0.29) is 0 Å². The van der Waals surface area contributed by atoms with Crippen LogP contribution >= 0.6 is 0 Å². The average molecular weight is 297 g/mol. The molecule has 3 nitrogen and oxygen atoms in total. The largest absolute Gasteiger partial charge is 0.389 e. The standard InChI is InChI=1S/C19H23NO2/c1-2-3-12-22-14-15(21)13-20-18-10-6-4-8-16(18)17-9-5-7-11-19(17)20/h4-11,15,21H,2-3,12-14H2,1H3/t15-/m0/s1. The minimum absolute atomic E-state index is 0.390. The van der Waals surface area contributed by atoms with E-state index >= 15 is 0 Å². The third-order valence-electron chi connectivity index (χ3n) is 4.03. The fraction of sp³-hybridized carbons (Fsp3) is 0.368. The molecular formula is C19H23NO2. The van der Waals surface area contributed by atoms with Gasteiger partial charge in [-0.05, 0) is 18.6 Å². The average Bonchev–Trinajstić information content (AvgIpc) is 2.87. The molecule has 0 bridgehead atoms. The van der Waals surface area contributed by atoms with Gasteiger partial charge in [-0.3, -0.25) is 0 Å². The number of hydrogen-bond donors (Lipinski definition) is 1. The smallest absolute Gasteiger partial charge is 0.0952 e. The molecule has 1 heterocycles. The summed E-state index contributed by atoms with van der Waals surface area (Å²) in [6, 6.07) is 16.7. The molecule has 2 aromatic carbocycles. The first-order chi connectivity index (χ1) is 10.8. The quantitative estimate of drug-likeness (QED) is 0.670. The van der Waals surface area contributed by atoms with E-state index in [4.69, 9.17) is 4.74 Å². The van der Waals surface area contributed by atoms with E-state index in [1.165, 1.54) is 10.8 Å². The summed E-state index contributed by atoms with van der Waals surface area (Å²) in [5, 5.41) is 12.8. The molecule has 0 spiro atoms. The van der Waals surface area contributed by atoms with Gasteiger partial charge in [0.25, 0.3) is 0 Å². The van der Waals surface area contributed by atoms with Crippen LogP contribution in [0.2, 0.25) is 0 Å². The number of para-hydroxylation sites is 2. The molecule has 0 saturated carbocycles. The van der Waals surface area contributed by atoms with Crippen LogP contribution in [-0.4, -0.2) is 29.0 Å². The molecule has 1 atom stereocenters. The molecule has 0 radical (unpaired) electrons. The van der Waals surface area contributed by atoms with Crippen molar-refractivity contribution in [1.82, 2.24) is 4.57 Å². The molecule has 0 amide bonds. The van der Waals surface area contributed by atoms with Crippen LogP contribution in [0.5, 0.6) is 0 Å². The number of rotatable bonds is 7. The molecule has 0 aliphatic carbocycles. The van der Waals surface area contributed by atoms with Crippen LogP contribution in [0, 0.1) is 0 Å². The highest BCUT2D eigenvalue weighted by Crippen LogP contribution is 2.28. The lowest BCUT2D eigenvalue weighted by atomic mass is 10.2. The molecule has 3 aromatic rings. The fourth-order valence-electron chi connectivity index (χ4n) is 2.93. The van der Waals surface area contributed by atoms with Crippen molar-refractivity contribution in [2.24, 2.45) is 0 Å². The third kappa shape index (κ3) is 3.01. The van der Waals surface area contributed by atoms with Gasteiger partial charge in [-0.1, -0.05) is 49.7 Å². The molecule has 1 aromatic heterocycles. The number of aliphatic hydroxyl groups is 1. The van der Waals surface area contributed by atoms with E-state index in [0.717, 1.165) is 30.5 Å². The highest BCUT2D eigenvalue weighted by molar-refractivity contribution is 6.07. The zero-order valence-corrected chi connectivity index (χ0v) is 13.0. The van der Waals surface area contributed by atoms with Gasteiger partial charge in [-0.2, -0.15) is 0 Å². The van der Waals surface area contributed by atoms with Crippen LogP contribution in [0.4, 0.5) is 0 Å². The van der Waals surface area contributed by atoms with Gasteiger partial charge >= 0.3 is 0 Å². The number of hydrogen-bond acceptors (Lipinski definition) is 2. The molecule has 3 heteroatoms. The van der Waals surface area contributed by atoms with Crippen molar-refractivity contribution in [3.8, 4) is 0 Å². The maximum atomic E-state index is 10.3. The lowest BCUT2D eigenvalue weighted by Crippen LogP contribution is -2.22. The number of fused-ring (bicyclic) bond motifs is 3. The van der Waals surface area contributed by atoms with E-state index in [9.17, 15) is 5.11 Å². The highest BCUT2D eigenvalue weighted by atomic mass is 16.5. The van der Waals surface area contributed by atoms with E-state index in [0.29, 0.717) is 13.2 Å². The lowest BCUT2D eigenvalue weighted by molar-refractivity contribution is 0.0282. The van der Waals surface area contributed by atoms with Crippen molar-refractivity contribution in [3.05, 3.63) is 48.5 Å². The third-order valence-corrected chi connectivity index (χ3v) is 4.03. The van der Waals surface area contributed by atoms with Crippen molar-refractivity contribution in [1.29, 1.82) is 0 Å². The van der Waals surface area contributed by atoms with Crippen molar-refractivity contribution in [3.63, 3.8) is 0 Å². The Labute approximate surface area is 131 Å². The van der Waals surface area contributed by atoms with Crippen molar-refractivity contribution >= 4 is 21.8 Å². The van der Waals surface area contributed by atoms with Crippen molar-refractivity contribution in [2.75, 3.05) is 13.2 Å². The van der Waals surface area contributed by atoms with Gasteiger partial charge in [0.15, 0.2) is 0 Å². The Morgan fingerprint density at radius 2 is 1.59 bits per heavy atom. The maximum Gasteiger partial charge on any atom is 0.0952 e. The molecule has 22 heavy (non-hydrogen) atoms. The number of benzene rings is 2. The topological polar surface area (TPSA) is 34.4 Å². The second-order valence-corrected chi connectivity index (χ2v) is 5.73. The minimum atomic E-state index is -0.490. The first kappa shape index (κ1) is 15.1. The number of nitrogens with zero attached hydrogens (tertiary/aromatic N) is 1. The monoisotopic (exact) mass is 297 g/mol. The van der Waals surface area contributed by atoms with Gasteiger partial charge in [0.05, 0.1) is 19.3 Å². The van der Waals surface area contributed by atoms with Crippen LogP contribution < -0.4 is 0 Å². The maximum absolute atomic E-state index is 10.3. The lowest BCUT2D eigenvalue weighted by Gasteiger charge is -2.14. The second kappa shape index (κ2) is 6.95. The van der Waals surface area contributed by atoms with Gasteiger partial charge in [-0.15, -0.1) is 0 Å². The van der Waals surface area contributed by atoms with Gasteiger partial charge in [0.1, 0.15) is 0 Å². The molecule has 0 saturated heterocycles. The highest BCUT2D eigenvalue weighted by Gasteiger charge is 2.13. The van der Waals surface area contributed by atoms with E-state index in [2.05, 4.69) is 47.9 Å². The molecule has 3 rings (SSSR count). The van der Waals surface area contributed by atoms with Crippen LogP contribution in [0.15, 0.2) is 48.5 Å². The van der Waals surface area contributed by atoms with Gasteiger partial charge in [0.2, 0.25) is 0 Å². The summed E-state index contributed by atoms with van der Waals surface area (Å²) in [4.78, 5) is 0. The number of ether oxygens (including phenoxy) is 1. The minimum Gasteiger partial charge on any atom is -0.389 e. The Morgan fingerprint density at radius 3 is 2.18 bits per heavy atom. The van der Waals surface area contributed by atoms with Crippen molar-refractivity contribution < 1.29 is 9.84 Å². The molecule has 0 unspecified atom stereocenters. The molecule has 1 N–H and O–H groups in total. The molecule has 0 fully saturated rings. The van der Waals surface area contributed by atoms with Gasteiger partial charge in [-0.25, -0.2) is 0 Å². The predicted molar refractivity (Wildman–Crippen MR) is 91.2 cm³/mol. The van der Waals surface area contributed by atoms with Crippen LogP contribution in [0.1, 0.15) is 19.8 Å². The summed E-state index contributed by atoms with van der Waals surface area (Å²) in [5.41, 5.74) is 2.33. The number of aromatic nitrogens is 1. The zero-order chi connectivity index (χ0) is 15.4. The predicted octanol–water partition coefficient (Wildman–Crippen LogP) is 3.97. The Morgan fingerprint density at radius 1 is 1.00 bits per heavy atom. The summed E-state index contributed by atoms with van der Waals surface area (Å²) in [6.07, 6.45) is 1.67. The number of aliphatic hydroxyl groups excluding tert-OH is 1. The van der Waals surface area contributed by atoms with E-state index in [1.54, 1.807) is 0 Å². The van der Waals surface area contributed by atoms with Crippen LogP contribution in [0.25, 0.3) is 21.8 Å². The molecular weight excluding hydrogens is 274 g/mol. The summed E-state index contributed by atoms with van der Waals surface area (Å²) in [5.74, 6) is 0. The first-order valence-corrected chi connectivity index (χ1v) is 8.03. The van der Waals surface area contributed by atoms with Gasteiger partial charge in [0, 0.05) is 28.4 Å². The normalized spacial score (nSPS) is 13.0. The SMILES string of the molecule is CCCCOC[C@@H](O)Cn1c2ccccc2c2ccccc21. The van der Waals surface area contributed by atoms with Gasteiger partial charge < -0.3 is 14.4 Å².